The lowest BCUT2D eigenvalue weighted by atomic mass is 9.93. The van der Waals surface area contributed by atoms with E-state index in [1.54, 1.807) is 26.0 Å². The maximum absolute atomic E-state index is 11.9. The molecule has 1 amide bonds. The third-order valence-corrected chi connectivity index (χ3v) is 5.65. The number of furan rings is 1. The second-order valence-electron chi connectivity index (χ2n) is 6.53. The van der Waals surface area contributed by atoms with E-state index in [4.69, 9.17) is 19.6 Å². The van der Waals surface area contributed by atoms with Gasteiger partial charge in [-0.3, -0.25) is 4.79 Å². The molecule has 1 heterocycles. The van der Waals surface area contributed by atoms with Crippen LogP contribution >= 0.6 is 11.8 Å². The minimum Gasteiger partial charge on any atom is -0.493 e. The van der Waals surface area contributed by atoms with Gasteiger partial charge in [-0.05, 0) is 48.6 Å². The quantitative estimate of drug-likeness (QED) is 0.527. The fraction of sp³-hybridized carbons (Fsp3) is 0.318. The van der Waals surface area contributed by atoms with Crippen LogP contribution in [-0.4, -0.2) is 26.4 Å². The Hall–Kier alpha value is -2.60. The Labute approximate surface area is 169 Å². The SMILES string of the molecule is CCCC(C(N)=O)c1ccc2oc(-c3ccc(OC)c(OC)c3)c(SC)c2c1. The van der Waals surface area contributed by atoms with E-state index >= 15 is 0 Å². The van der Waals surface area contributed by atoms with Crippen LogP contribution in [0.5, 0.6) is 11.5 Å². The Morgan fingerprint density at radius 3 is 2.50 bits per heavy atom. The van der Waals surface area contributed by atoms with Gasteiger partial charge in [0.25, 0.3) is 0 Å². The first-order valence-electron chi connectivity index (χ1n) is 9.16. The summed E-state index contributed by atoms with van der Waals surface area (Å²) in [5.41, 5.74) is 8.24. The highest BCUT2D eigenvalue weighted by Gasteiger charge is 2.21. The number of rotatable bonds is 8. The van der Waals surface area contributed by atoms with E-state index in [0.717, 1.165) is 45.6 Å². The van der Waals surface area contributed by atoms with Gasteiger partial charge in [0.15, 0.2) is 11.5 Å². The van der Waals surface area contributed by atoms with E-state index in [1.165, 1.54) is 0 Å². The molecule has 0 aliphatic rings. The second-order valence-corrected chi connectivity index (χ2v) is 7.35. The van der Waals surface area contributed by atoms with Gasteiger partial charge < -0.3 is 19.6 Å². The monoisotopic (exact) mass is 399 g/mol. The van der Waals surface area contributed by atoms with Crippen molar-refractivity contribution in [3.63, 3.8) is 0 Å². The smallest absolute Gasteiger partial charge is 0.224 e. The Morgan fingerprint density at radius 2 is 1.89 bits per heavy atom. The van der Waals surface area contributed by atoms with E-state index in [0.29, 0.717) is 11.5 Å². The highest BCUT2D eigenvalue weighted by Crippen LogP contribution is 2.42. The number of nitrogens with two attached hydrogens (primary N) is 1. The molecule has 0 aliphatic heterocycles. The molecule has 2 aromatic carbocycles. The van der Waals surface area contributed by atoms with Crippen LogP contribution < -0.4 is 15.2 Å². The summed E-state index contributed by atoms with van der Waals surface area (Å²) in [6.07, 6.45) is 3.64. The van der Waals surface area contributed by atoms with Crippen molar-refractivity contribution in [1.29, 1.82) is 0 Å². The Kier molecular flexibility index (Phi) is 6.19. The predicted molar refractivity (Wildman–Crippen MR) is 113 cm³/mol. The van der Waals surface area contributed by atoms with Crippen molar-refractivity contribution < 1.29 is 18.7 Å². The normalized spacial score (nSPS) is 12.1. The van der Waals surface area contributed by atoms with Gasteiger partial charge in [0, 0.05) is 10.9 Å². The molecular formula is C22H25NO4S. The number of ether oxygens (including phenoxy) is 2. The molecule has 1 unspecified atom stereocenters. The van der Waals surface area contributed by atoms with Crippen molar-refractivity contribution in [2.75, 3.05) is 20.5 Å². The van der Waals surface area contributed by atoms with Gasteiger partial charge in [0.1, 0.15) is 11.3 Å². The van der Waals surface area contributed by atoms with E-state index in [1.807, 2.05) is 42.7 Å². The van der Waals surface area contributed by atoms with Crippen molar-refractivity contribution in [1.82, 2.24) is 0 Å². The lowest BCUT2D eigenvalue weighted by Gasteiger charge is -2.12. The van der Waals surface area contributed by atoms with Gasteiger partial charge in [-0.15, -0.1) is 11.8 Å². The number of hydrogen-bond acceptors (Lipinski definition) is 5. The van der Waals surface area contributed by atoms with Crippen LogP contribution in [0.3, 0.4) is 0 Å². The Bertz CT molecular complexity index is 996. The molecule has 1 atom stereocenters. The molecule has 3 rings (SSSR count). The first-order valence-corrected chi connectivity index (χ1v) is 10.4. The molecule has 148 valence electrons. The maximum Gasteiger partial charge on any atom is 0.224 e. The van der Waals surface area contributed by atoms with Crippen LogP contribution in [0.1, 0.15) is 31.2 Å². The summed E-state index contributed by atoms with van der Waals surface area (Å²) in [7, 11) is 3.22. The number of methoxy groups -OCH3 is 2. The summed E-state index contributed by atoms with van der Waals surface area (Å²) in [6, 6.07) is 11.6. The molecule has 0 fully saturated rings. The van der Waals surface area contributed by atoms with Gasteiger partial charge in [-0.2, -0.15) is 0 Å². The largest absolute Gasteiger partial charge is 0.493 e. The van der Waals surface area contributed by atoms with Crippen LogP contribution in [0.15, 0.2) is 45.7 Å². The average Bonchev–Trinajstić information content (AvgIpc) is 3.08. The average molecular weight is 400 g/mol. The summed E-state index contributed by atoms with van der Waals surface area (Å²) >= 11 is 1.61. The summed E-state index contributed by atoms with van der Waals surface area (Å²) in [5.74, 6) is 1.50. The fourth-order valence-electron chi connectivity index (χ4n) is 3.44. The predicted octanol–water partition coefficient (Wildman–Crippen LogP) is 5.21. The van der Waals surface area contributed by atoms with E-state index in [9.17, 15) is 4.79 Å². The molecule has 0 saturated heterocycles. The van der Waals surface area contributed by atoms with Crippen LogP contribution in [0, 0.1) is 0 Å². The summed E-state index contributed by atoms with van der Waals surface area (Å²) in [5, 5.41) is 0.983. The number of carbonyl (C=O) groups is 1. The summed E-state index contributed by atoms with van der Waals surface area (Å²) < 4.78 is 16.9. The molecule has 0 saturated carbocycles. The van der Waals surface area contributed by atoms with Gasteiger partial charge >= 0.3 is 0 Å². The number of hydrogen-bond donors (Lipinski definition) is 1. The van der Waals surface area contributed by atoms with Crippen molar-refractivity contribution in [2.45, 2.75) is 30.6 Å². The number of thioether (sulfide) groups is 1. The first kappa shape index (κ1) is 20.1. The molecule has 0 bridgehead atoms. The third-order valence-electron chi connectivity index (χ3n) is 4.84. The zero-order valence-corrected chi connectivity index (χ0v) is 17.4. The van der Waals surface area contributed by atoms with Gasteiger partial charge in [-0.25, -0.2) is 0 Å². The molecule has 0 spiro atoms. The van der Waals surface area contributed by atoms with Crippen LogP contribution in [-0.2, 0) is 4.79 Å². The first-order chi connectivity index (χ1) is 13.5. The van der Waals surface area contributed by atoms with E-state index in [2.05, 4.69) is 6.92 Å². The fourth-order valence-corrected chi connectivity index (χ4v) is 4.17. The molecular weight excluding hydrogens is 374 g/mol. The standard InChI is InChI=1S/C22H25NO4S/c1-5-6-15(22(23)24)13-7-9-17-16(11-13)21(28-4)20(27-17)14-8-10-18(25-2)19(12-14)26-3/h7-12,15H,5-6H2,1-4H3,(H2,23,24). The lowest BCUT2D eigenvalue weighted by molar-refractivity contribution is -0.119. The van der Waals surface area contributed by atoms with Crippen LogP contribution in [0.2, 0.25) is 0 Å². The number of carbonyl (C=O) groups excluding carboxylic acids is 1. The van der Waals surface area contributed by atoms with Gasteiger partial charge in [0.05, 0.1) is 25.0 Å². The van der Waals surface area contributed by atoms with Crippen molar-refractivity contribution >= 4 is 28.6 Å². The number of amides is 1. The minimum absolute atomic E-state index is 0.288. The number of benzene rings is 2. The second kappa shape index (κ2) is 8.61. The van der Waals surface area contributed by atoms with Gasteiger partial charge in [0.2, 0.25) is 5.91 Å². The van der Waals surface area contributed by atoms with Crippen molar-refractivity contribution in [2.24, 2.45) is 5.73 Å². The maximum atomic E-state index is 11.9. The molecule has 28 heavy (non-hydrogen) atoms. The molecule has 2 N–H and O–H groups in total. The van der Waals surface area contributed by atoms with Crippen LogP contribution in [0.4, 0.5) is 0 Å². The van der Waals surface area contributed by atoms with E-state index in [-0.39, 0.29) is 11.8 Å². The summed E-state index contributed by atoms with van der Waals surface area (Å²) in [4.78, 5) is 12.9. The molecule has 5 nitrogen and oxygen atoms in total. The topological polar surface area (TPSA) is 74.7 Å². The van der Waals surface area contributed by atoms with E-state index < -0.39 is 0 Å². The lowest BCUT2D eigenvalue weighted by Crippen LogP contribution is -2.21. The van der Waals surface area contributed by atoms with Crippen LogP contribution in [0.25, 0.3) is 22.3 Å². The molecule has 0 aliphatic carbocycles. The highest BCUT2D eigenvalue weighted by molar-refractivity contribution is 7.99. The third kappa shape index (κ3) is 3.69. The Morgan fingerprint density at radius 1 is 1.14 bits per heavy atom. The zero-order chi connectivity index (χ0) is 20.3. The summed E-state index contributed by atoms with van der Waals surface area (Å²) in [6.45, 7) is 2.05. The number of fused-ring (bicyclic) bond motifs is 1. The van der Waals surface area contributed by atoms with Crippen molar-refractivity contribution in [3.8, 4) is 22.8 Å². The highest BCUT2D eigenvalue weighted by atomic mass is 32.2. The molecule has 6 heteroatoms. The minimum atomic E-state index is -0.296. The molecule has 0 radical (unpaired) electrons. The molecule has 3 aromatic rings. The molecule has 1 aromatic heterocycles. The number of primary amides is 1. The zero-order valence-electron chi connectivity index (χ0n) is 16.6. The van der Waals surface area contributed by atoms with Gasteiger partial charge in [-0.1, -0.05) is 19.4 Å². The van der Waals surface area contributed by atoms with Crippen molar-refractivity contribution in [3.05, 3.63) is 42.0 Å². The Balaban J connectivity index is 2.14.